The number of carbonyl (C=O) groups excluding carboxylic acids is 1. The fourth-order valence-corrected chi connectivity index (χ4v) is 3.26. The first-order valence-electron chi connectivity index (χ1n) is 10.1. The fraction of sp³-hybridized carbons (Fsp3) is 0.391. The highest BCUT2D eigenvalue weighted by atomic mass is 16.5. The minimum atomic E-state index is -0.0555. The van der Waals surface area contributed by atoms with Gasteiger partial charge in [0, 0.05) is 26.0 Å². The molecule has 6 heteroatoms. The summed E-state index contributed by atoms with van der Waals surface area (Å²) >= 11 is 0. The van der Waals surface area contributed by atoms with Gasteiger partial charge >= 0.3 is 0 Å². The molecule has 1 aromatic heterocycles. The zero-order valence-corrected chi connectivity index (χ0v) is 17.1. The Kier molecular flexibility index (Phi) is 5.43. The smallest absolute Gasteiger partial charge is 0.217 e. The number of hydrogen-bond acceptors (Lipinski definition) is 4. The Labute approximate surface area is 172 Å². The number of rotatable bonds is 8. The first-order valence-corrected chi connectivity index (χ1v) is 10.1. The normalized spacial score (nSPS) is 14.6. The molecule has 154 valence electrons. The molecule has 1 aliphatic rings. The maximum Gasteiger partial charge on any atom is 0.217 e. The van der Waals surface area contributed by atoms with E-state index in [-0.39, 0.29) is 13.4 Å². The third kappa shape index (κ3) is 4.88. The molecule has 0 radical (unpaired) electrons. The number of carbonyl (C=O) groups is 1. The van der Waals surface area contributed by atoms with Crippen molar-refractivity contribution < 1.29 is 15.7 Å². The van der Waals surface area contributed by atoms with E-state index in [1.165, 1.54) is 19.8 Å². The molecule has 1 saturated carbocycles. The summed E-state index contributed by atoms with van der Waals surface area (Å²) in [6.45, 7) is 6.66. The van der Waals surface area contributed by atoms with Crippen molar-refractivity contribution in [3.05, 3.63) is 48.2 Å². The molecule has 1 fully saturated rings. The first kappa shape index (κ1) is 19.3. The molecule has 6 nitrogen and oxygen atoms in total. The monoisotopic (exact) mass is 395 g/mol. The molecule has 2 aromatic carbocycles. The predicted octanol–water partition coefficient (Wildman–Crippen LogP) is 4.27. The summed E-state index contributed by atoms with van der Waals surface area (Å²) in [5.41, 5.74) is 2.91. The van der Waals surface area contributed by atoms with Gasteiger partial charge in [-0.2, -0.15) is 5.10 Å². The Balaban J connectivity index is 0.00000256. The molecule has 0 aliphatic heterocycles. The van der Waals surface area contributed by atoms with Gasteiger partial charge in [-0.15, -0.1) is 0 Å². The van der Waals surface area contributed by atoms with E-state index in [0.717, 1.165) is 46.2 Å². The second kappa shape index (κ2) is 8.15. The van der Waals surface area contributed by atoms with Gasteiger partial charge in [-0.25, -0.2) is 4.68 Å². The van der Waals surface area contributed by atoms with Crippen LogP contribution in [0.5, 0.6) is 11.5 Å². The Bertz CT molecular complexity index is 1030. The van der Waals surface area contributed by atoms with Crippen LogP contribution >= 0.6 is 0 Å². The van der Waals surface area contributed by atoms with Gasteiger partial charge in [-0.1, -0.05) is 0 Å². The second-order valence-electron chi connectivity index (χ2n) is 7.91. The van der Waals surface area contributed by atoms with Gasteiger partial charge in [0.05, 0.1) is 23.9 Å². The van der Waals surface area contributed by atoms with Crippen molar-refractivity contribution in [2.24, 2.45) is 5.92 Å². The molecule has 29 heavy (non-hydrogen) atoms. The summed E-state index contributed by atoms with van der Waals surface area (Å²) in [5.74, 6) is 2.36. The maximum atomic E-state index is 11.1. The zero-order valence-electron chi connectivity index (χ0n) is 17.1. The molecule has 1 aliphatic carbocycles. The largest absolute Gasteiger partial charge is 0.493 e. The number of amides is 1. The van der Waals surface area contributed by atoms with Crippen LogP contribution in [0.15, 0.2) is 42.6 Å². The van der Waals surface area contributed by atoms with Crippen molar-refractivity contribution >= 4 is 16.8 Å². The van der Waals surface area contributed by atoms with Crippen molar-refractivity contribution in [2.75, 3.05) is 13.2 Å². The lowest BCUT2D eigenvalue weighted by Gasteiger charge is -2.15. The Morgan fingerprint density at radius 1 is 1.28 bits per heavy atom. The summed E-state index contributed by atoms with van der Waals surface area (Å²) in [5, 5.41) is 8.61. The van der Waals surface area contributed by atoms with Crippen LogP contribution in [0.1, 0.15) is 33.7 Å². The molecule has 0 saturated heterocycles. The van der Waals surface area contributed by atoms with Gasteiger partial charge in [-0.05, 0) is 68.5 Å². The van der Waals surface area contributed by atoms with Crippen LogP contribution in [0.3, 0.4) is 0 Å². The van der Waals surface area contributed by atoms with Gasteiger partial charge in [0.15, 0.2) is 0 Å². The van der Waals surface area contributed by atoms with Gasteiger partial charge in [0.1, 0.15) is 18.1 Å². The number of ether oxygens (including phenoxy) is 2. The van der Waals surface area contributed by atoms with Crippen molar-refractivity contribution in [2.45, 2.75) is 39.7 Å². The van der Waals surface area contributed by atoms with Crippen LogP contribution in [0.25, 0.3) is 16.6 Å². The van der Waals surface area contributed by atoms with E-state index in [9.17, 15) is 4.79 Å². The highest BCUT2D eigenvalue weighted by Crippen LogP contribution is 2.30. The lowest BCUT2D eigenvalue weighted by Crippen LogP contribution is -2.35. The van der Waals surface area contributed by atoms with Crippen LogP contribution in [-0.2, 0) is 4.79 Å². The number of nitrogens with one attached hydrogen (secondary N) is 1. The quantitative estimate of drug-likeness (QED) is 0.618. The van der Waals surface area contributed by atoms with Gasteiger partial charge in [0.2, 0.25) is 5.91 Å². The standard InChI is InChI=1S/C23H27N3O3.H2/c1-15-10-20(7-9-23(15)29-13-16(2)24-17(3)27)26-12-19-6-8-21(11-22(19)25-26)28-14-18-4-5-18;/h6-12,16,18H,4-5,13-14H2,1-3H3,(H,24,27);1H/t16-;/m0./s1. The average Bonchev–Trinajstić information content (AvgIpc) is 3.41. The van der Waals surface area contributed by atoms with Crippen molar-refractivity contribution in [3.8, 4) is 17.2 Å². The Hall–Kier alpha value is -3.02. The number of aromatic nitrogens is 2. The third-order valence-electron chi connectivity index (χ3n) is 5.02. The molecule has 1 atom stereocenters. The van der Waals surface area contributed by atoms with Gasteiger partial charge < -0.3 is 14.8 Å². The van der Waals surface area contributed by atoms with E-state index in [1.54, 1.807) is 0 Å². The SMILES string of the molecule is CC(=O)N[C@@H](C)COc1ccc(-n2cc3ccc(OCC4CC4)cc3n2)cc1C.[HH]. The second-order valence-corrected chi connectivity index (χ2v) is 7.91. The first-order chi connectivity index (χ1) is 14.0. The minimum Gasteiger partial charge on any atom is -0.493 e. The van der Waals surface area contributed by atoms with Crippen molar-refractivity contribution in [1.29, 1.82) is 0 Å². The van der Waals surface area contributed by atoms with Crippen LogP contribution < -0.4 is 14.8 Å². The number of benzene rings is 2. The van der Waals surface area contributed by atoms with Crippen molar-refractivity contribution in [3.63, 3.8) is 0 Å². The zero-order chi connectivity index (χ0) is 20.4. The molecule has 0 bridgehead atoms. The lowest BCUT2D eigenvalue weighted by atomic mass is 10.2. The summed E-state index contributed by atoms with van der Waals surface area (Å²) in [7, 11) is 0. The lowest BCUT2D eigenvalue weighted by molar-refractivity contribution is -0.119. The molecule has 0 unspecified atom stereocenters. The van der Waals surface area contributed by atoms with Crippen LogP contribution in [0.2, 0.25) is 0 Å². The minimum absolute atomic E-state index is 0. The average molecular weight is 396 g/mol. The summed E-state index contributed by atoms with van der Waals surface area (Å²) in [6, 6.07) is 12.0. The van der Waals surface area contributed by atoms with E-state index in [1.807, 2.05) is 49.0 Å². The molecule has 0 spiro atoms. The van der Waals surface area contributed by atoms with E-state index >= 15 is 0 Å². The van der Waals surface area contributed by atoms with E-state index in [0.29, 0.717) is 6.61 Å². The summed E-state index contributed by atoms with van der Waals surface area (Å²) in [6.07, 6.45) is 4.58. The van der Waals surface area contributed by atoms with E-state index < -0.39 is 0 Å². The molecule has 1 heterocycles. The topological polar surface area (TPSA) is 65.4 Å². The summed E-state index contributed by atoms with van der Waals surface area (Å²) < 4.78 is 13.6. The number of fused-ring (bicyclic) bond motifs is 1. The van der Waals surface area contributed by atoms with Gasteiger partial charge in [0.25, 0.3) is 0 Å². The molecule has 1 N–H and O–H groups in total. The highest BCUT2D eigenvalue weighted by Gasteiger charge is 2.22. The van der Waals surface area contributed by atoms with E-state index in [2.05, 4.69) is 17.4 Å². The third-order valence-corrected chi connectivity index (χ3v) is 5.02. The number of nitrogens with zero attached hydrogens (tertiary/aromatic N) is 2. The molecular formula is C23H29N3O3. The molecule has 3 aromatic rings. The number of aryl methyl sites for hydroxylation is 1. The Morgan fingerprint density at radius 3 is 2.83 bits per heavy atom. The predicted molar refractivity (Wildman–Crippen MR) is 115 cm³/mol. The van der Waals surface area contributed by atoms with E-state index in [4.69, 9.17) is 14.6 Å². The number of hydrogen-bond donors (Lipinski definition) is 1. The molecule has 1 amide bonds. The summed E-state index contributed by atoms with van der Waals surface area (Å²) in [4.78, 5) is 11.1. The van der Waals surface area contributed by atoms with Crippen LogP contribution in [0.4, 0.5) is 0 Å². The van der Waals surface area contributed by atoms with Crippen LogP contribution in [-0.4, -0.2) is 34.9 Å². The molecular weight excluding hydrogens is 366 g/mol. The maximum absolute atomic E-state index is 11.1. The Morgan fingerprint density at radius 2 is 2.10 bits per heavy atom. The van der Waals surface area contributed by atoms with Gasteiger partial charge in [-0.3, -0.25) is 4.79 Å². The fourth-order valence-electron chi connectivity index (χ4n) is 3.26. The molecule has 4 rings (SSSR count). The highest BCUT2D eigenvalue weighted by molar-refractivity contribution is 5.80. The van der Waals surface area contributed by atoms with Crippen molar-refractivity contribution in [1.82, 2.24) is 15.1 Å². The van der Waals surface area contributed by atoms with Crippen LogP contribution in [0, 0.1) is 12.8 Å².